The summed E-state index contributed by atoms with van der Waals surface area (Å²) in [5, 5.41) is 6.73. The summed E-state index contributed by atoms with van der Waals surface area (Å²) < 4.78 is 41.3. The molecule has 0 aliphatic carbocycles. The number of rotatable bonds is 4. The number of halogens is 3. The molecule has 29 heavy (non-hydrogen) atoms. The van der Waals surface area contributed by atoms with Crippen molar-refractivity contribution in [2.24, 2.45) is 5.73 Å². The number of nitrogens with zero attached hydrogens (tertiary/aromatic N) is 3. The van der Waals surface area contributed by atoms with Gasteiger partial charge in [0.15, 0.2) is 0 Å². The average molecular weight is 409 g/mol. The van der Waals surface area contributed by atoms with E-state index in [-0.39, 0.29) is 31.0 Å². The Morgan fingerprint density at radius 3 is 2.55 bits per heavy atom. The number of amides is 3. The molecule has 7 nitrogen and oxygen atoms in total. The van der Waals surface area contributed by atoms with Crippen LogP contribution in [0.2, 0.25) is 0 Å². The van der Waals surface area contributed by atoms with E-state index in [1.807, 2.05) is 0 Å². The Labute approximate surface area is 165 Å². The maximum atomic E-state index is 13.6. The first-order valence-electron chi connectivity index (χ1n) is 9.02. The number of aromatic nitrogens is 2. The molecule has 3 amide bonds. The summed E-state index contributed by atoms with van der Waals surface area (Å²) in [7, 11) is 0. The van der Waals surface area contributed by atoms with E-state index in [2.05, 4.69) is 10.4 Å². The number of benzene rings is 1. The fourth-order valence-electron chi connectivity index (χ4n) is 3.15. The number of nitrogens with one attached hydrogen (secondary N) is 1. The first-order chi connectivity index (χ1) is 13.5. The van der Waals surface area contributed by atoms with E-state index in [4.69, 9.17) is 5.73 Å². The van der Waals surface area contributed by atoms with Gasteiger partial charge in [0.1, 0.15) is 11.5 Å². The van der Waals surface area contributed by atoms with Crippen molar-refractivity contribution in [1.29, 1.82) is 0 Å². The third kappa shape index (κ3) is 3.92. The van der Waals surface area contributed by atoms with E-state index in [1.165, 1.54) is 30.9 Å². The number of aryl methyl sites for hydroxylation is 1. The number of primary amides is 1. The van der Waals surface area contributed by atoms with Gasteiger partial charge in [-0.2, -0.15) is 5.10 Å². The van der Waals surface area contributed by atoms with Crippen molar-refractivity contribution in [2.75, 3.05) is 6.54 Å². The molecule has 0 spiro atoms. The molecule has 0 fully saturated rings. The summed E-state index contributed by atoms with van der Waals surface area (Å²) in [6.07, 6.45) is -2.74. The molecule has 1 aromatic carbocycles. The zero-order valence-corrected chi connectivity index (χ0v) is 16.3. The topological polar surface area (TPSA) is 93.2 Å². The molecule has 2 heterocycles. The van der Waals surface area contributed by atoms with Crippen LogP contribution in [0.15, 0.2) is 18.2 Å². The fraction of sp³-hybridized carbons (Fsp3) is 0.421. The summed E-state index contributed by atoms with van der Waals surface area (Å²) in [5.41, 5.74) is 5.61. The van der Waals surface area contributed by atoms with Crippen molar-refractivity contribution in [3.05, 3.63) is 40.8 Å². The number of alkyl halides is 2. The van der Waals surface area contributed by atoms with Gasteiger partial charge in [-0.3, -0.25) is 9.48 Å². The molecule has 156 valence electrons. The highest BCUT2D eigenvalue weighted by atomic mass is 19.3. The van der Waals surface area contributed by atoms with Gasteiger partial charge in [0.25, 0.3) is 12.3 Å². The second kappa shape index (κ2) is 7.41. The molecular formula is C19H22F3N5O2. The molecule has 1 aromatic heterocycles. The van der Waals surface area contributed by atoms with Gasteiger partial charge in [0, 0.05) is 12.1 Å². The SMILES string of the molecule is Cc1cc(-c2nn3c(c2C(N)=O)CN(C(=O)NC(C)(C)C(F)F)CC3)ccc1F. The highest BCUT2D eigenvalue weighted by molar-refractivity contribution is 6.00. The fourth-order valence-corrected chi connectivity index (χ4v) is 3.15. The molecular weight excluding hydrogens is 387 g/mol. The highest BCUT2D eigenvalue weighted by Gasteiger charge is 2.35. The van der Waals surface area contributed by atoms with Crippen molar-refractivity contribution in [1.82, 2.24) is 20.0 Å². The smallest absolute Gasteiger partial charge is 0.318 e. The van der Waals surface area contributed by atoms with Gasteiger partial charge in [-0.15, -0.1) is 0 Å². The Morgan fingerprint density at radius 1 is 1.28 bits per heavy atom. The van der Waals surface area contributed by atoms with E-state index in [0.29, 0.717) is 22.5 Å². The number of carbonyl (C=O) groups excluding carboxylic acids is 2. The van der Waals surface area contributed by atoms with E-state index >= 15 is 0 Å². The molecule has 0 radical (unpaired) electrons. The number of fused-ring (bicyclic) bond motifs is 1. The molecule has 0 unspecified atom stereocenters. The van der Waals surface area contributed by atoms with Gasteiger partial charge in [-0.1, -0.05) is 0 Å². The van der Waals surface area contributed by atoms with E-state index < -0.39 is 23.9 Å². The molecule has 10 heteroatoms. The zero-order chi connectivity index (χ0) is 21.5. The summed E-state index contributed by atoms with van der Waals surface area (Å²) in [6, 6.07) is 3.67. The molecule has 3 N–H and O–H groups in total. The summed E-state index contributed by atoms with van der Waals surface area (Å²) in [4.78, 5) is 25.9. The van der Waals surface area contributed by atoms with Crippen LogP contribution in [0.4, 0.5) is 18.0 Å². The van der Waals surface area contributed by atoms with Gasteiger partial charge in [0.05, 0.1) is 29.9 Å². The quantitative estimate of drug-likeness (QED) is 0.813. The monoisotopic (exact) mass is 409 g/mol. The van der Waals surface area contributed by atoms with Crippen LogP contribution in [0, 0.1) is 12.7 Å². The van der Waals surface area contributed by atoms with E-state index in [0.717, 1.165) is 0 Å². The summed E-state index contributed by atoms with van der Waals surface area (Å²) in [5.74, 6) is -1.12. The van der Waals surface area contributed by atoms with Crippen molar-refractivity contribution in [2.45, 2.75) is 45.8 Å². The summed E-state index contributed by atoms with van der Waals surface area (Å²) >= 11 is 0. The third-order valence-corrected chi connectivity index (χ3v) is 4.92. The van der Waals surface area contributed by atoms with Crippen molar-refractivity contribution < 1.29 is 22.8 Å². The lowest BCUT2D eigenvalue weighted by atomic mass is 10.0. The average Bonchev–Trinajstić information content (AvgIpc) is 3.02. The molecule has 0 bridgehead atoms. The normalized spacial score (nSPS) is 14.1. The van der Waals surface area contributed by atoms with Crippen molar-refractivity contribution >= 4 is 11.9 Å². The largest absolute Gasteiger partial charge is 0.365 e. The predicted octanol–water partition coefficient (Wildman–Crippen LogP) is 2.67. The van der Waals surface area contributed by atoms with Crippen LogP contribution in [-0.4, -0.2) is 45.1 Å². The van der Waals surface area contributed by atoms with Gasteiger partial charge >= 0.3 is 6.03 Å². The van der Waals surface area contributed by atoms with Crippen LogP contribution >= 0.6 is 0 Å². The van der Waals surface area contributed by atoms with Gasteiger partial charge in [-0.05, 0) is 44.5 Å². The van der Waals surface area contributed by atoms with Crippen molar-refractivity contribution in [3.63, 3.8) is 0 Å². The van der Waals surface area contributed by atoms with Gasteiger partial charge < -0.3 is 16.0 Å². The number of carbonyl (C=O) groups is 2. The lowest BCUT2D eigenvalue weighted by molar-refractivity contribution is 0.0515. The second-order valence-corrected chi connectivity index (χ2v) is 7.60. The maximum absolute atomic E-state index is 13.6. The lowest BCUT2D eigenvalue weighted by Crippen LogP contribution is -2.55. The summed E-state index contributed by atoms with van der Waals surface area (Å²) in [6.45, 7) is 4.52. The first kappa shape index (κ1) is 20.7. The Hall–Kier alpha value is -3.04. The number of nitrogens with two attached hydrogens (primary N) is 1. The minimum Gasteiger partial charge on any atom is -0.365 e. The van der Waals surface area contributed by atoms with Crippen LogP contribution in [-0.2, 0) is 13.1 Å². The van der Waals surface area contributed by atoms with Crippen LogP contribution in [0.3, 0.4) is 0 Å². The second-order valence-electron chi connectivity index (χ2n) is 7.60. The van der Waals surface area contributed by atoms with E-state index in [1.54, 1.807) is 17.7 Å². The third-order valence-electron chi connectivity index (χ3n) is 4.92. The van der Waals surface area contributed by atoms with Gasteiger partial charge in [-0.25, -0.2) is 18.0 Å². The molecule has 3 rings (SSSR count). The van der Waals surface area contributed by atoms with Crippen molar-refractivity contribution in [3.8, 4) is 11.3 Å². The predicted molar refractivity (Wildman–Crippen MR) is 99.9 cm³/mol. The molecule has 2 aromatic rings. The maximum Gasteiger partial charge on any atom is 0.318 e. The minimum absolute atomic E-state index is 0.0173. The van der Waals surface area contributed by atoms with E-state index in [9.17, 15) is 22.8 Å². The molecule has 0 saturated carbocycles. The van der Waals surface area contributed by atoms with Crippen LogP contribution in [0.5, 0.6) is 0 Å². The Bertz CT molecular complexity index is 971. The Kier molecular flexibility index (Phi) is 5.29. The van der Waals surface area contributed by atoms with Crippen LogP contribution in [0.1, 0.15) is 35.5 Å². The molecule has 1 aliphatic heterocycles. The van der Waals surface area contributed by atoms with Crippen LogP contribution < -0.4 is 11.1 Å². The number of hydrogen-bond acceptors (Lipinski definition) is 3. The Balaban J connectivity index is 1.94. The molecule has 1 aliphatic rings. The molecule has 0 saturated heterocycles. The standard InChI is InChI=1S/C19H22F3N5O2/c1-10-8-11(4-5-12(10)20)15-14(16(23)28)13-9-26(6-7-27(13)25-15)18(29)24-19(2,3)17(21)22/h4-5,8,17H,6-7,9H2,1-3H3,(H2,23,28)(H,24,29). The highest BCUT2D eigenvalue weighted by Crippen LogP contribution is 2.29. The first-order valence-corrected chi connectivity index (χ1v) is 9.02. The zero-order valence-electron chi connectivity index (χ0n) is 16.3. The number of hydrogen-bond donors (Lipinski definition) is 2. The lowest BCUT2D eigenvalue weighted by Gasteiger charge is -2.32. The molecule has 0 atom stereocenters. The van der Waals surface area contributed by atoms with Crippen LogP contribution in [0.25, 0.3) is 11.3 Å². The minimum atomic E-state index is -2.74. The Morgan fingerprint density at radius 2 is 1.97 bits per heavy atom. The number of urea groups is 1. The van der Waals surface area contributed by atoms with Gasteiger partial charge in [0.2, 0.25) is 0 Å².